The molecule has 28 heavy (non-hydrogen) atoms. The van der Waals surface area contributed by atoms with E-state index >= 15 is 0 Å². The van der Waals surface area contributed by atoms with Gasteiger partial charge in [0, 0.05) is 38.4 Å². The molecule has 0 spiro atoms. The number of hydrogen-bond acceptors (Lipinski definition) is 5. The minimum atomic E-state index is -0.165. The summed E-state index contributed by atoms with van der Waals surface area (Å²) in [6.45, 7) is 7.08. The molecule has 9 heteroatoms. The fourth-order valence-electron chi connectivity index (χ4n) is 3.72. The van der Waals surface area contributed by atoms with E-state index in [1.54, 1.807) is 11.7 Å². The average Bonchev–Trinajstić information content (AvgIpc) is 3.24. The van der Waals surface area contributed by atoms with Gasteiger partial charge in [-0.1, -0.05) is 0 Å². The van der Waals surface area contributed by atoms with Gasteiger partial charge in [0.1, 0.15) is 5.69 Å². The molecule has 9 nitrogen and oxygen atoms in total. The number of nitrogens with zero attached hydrogens (tertiary/aromatic N) is 6. The van der Waals surface area contributed by atoms with E-state index in [4.69, 9.17) is 0 Å². The van der Waals surface area contributed by atoms with Crippen LogP contribution in [0, 0.1) is 13.8 Å². The van der Waals surface area contributed by atoms with Gasteiger partial charge in [-0.25, -0.2) is 0 Å². The quantitative estimate of drug-likeness (QED) is 0.704. The van der Waals surface area contributed by atoms with Gasteiger partial charge < -0.3 is 10.6 Å². The summed E-state index contributed by atoms with van der Waals surface area (Å²) in [4.78, 5) is 12.7. The van der Waals surface area contributed by atoms with E-state index in [2.05, 4.69) is 32.0 Å². The van der Waals surface area contributed by atoms with Crippen molar-refractivity contribution in [1.29, 1.82) is 0 Å². The number of hydrogen-bond donors (Lipinski definition) is 2. The topological polar surface area (TPSA) is 94.6 Å². The molecular formula is C19H26N8O. The Morgan fingerprint density at radius 2 is 2.00 bits per heavy atom. The van der Waals surface area contributed by atoms with Crippen molar-refractivity contribution in [2.75, 3.05) is 6.54 Å². The van der Waals surface area contributed by atoms with Crippen LogP contribution in [0.5, 0.6) is 0 Å². The summed E-state index contributed by atoms with van der Waals surface area (Å²) >= 11 is 0. The van der Waals surface area contributed by atoms with Crippen molar-refractivity contribution in [2.24, 2.45) is 14.1 Å². The zero-order chi connectivity index (χ0) is 19.8. The predicted molar refractivity (Wildman–Crippen MR) is 105 cm³/mol. The van der Waals surface area contributed by atoms with Gasteiger partial charge in [-0.15, -0.1) is 0 Å². The Bertz CT molecular complexity index is 1000. The molecule has 0 bridgehead atoms. The van der Waals surface area contributed by atoms with Crippen molar-refractivity contribution < 1.29 is 4.79 Å². The summed E-state index contributed by atoms with van der Waals surface area (Å²) in [6, 6.07) is 3.87. The first kappa shape index (κ1) is 18.4. The van der Waals surface area contributed by atoms with Gasteiger partial charge in [-0.3, -0.25) is 18.8 Å². The average molecular weight is 382 g/mol. The highest BCUT2D eigenvalue weighted by Gasteiger charge is 2.19. The number of aryl methyl sites for hydroxylation is 4. The maximum Gasteiger partial charge on any atom is 0.269 e. The number of carbonyl (C=O) groups is 1. The second-order valence-corrected chi connectivity index (χ2v) is 7.27. The molecule has 3 aromatic rings. The predicted octanol–water partition coefficient (Wildman–Crippen LogP) is 1.06. The van der Waals surface area contributed by atoms with Crippen LogP contribution < -0.4 is 10.6 Å². The Kier molecular flexibility index (Phi) is 4.76. The van der Waals surface area contributed by atoms with Crippen molar-refractivity contribution >= 4 is 5.91 Å². The van der Waals surface area contributed by atoms with E-state index in [1.165, 1.54) is 0 Å². The van der Waals surface area contributed by atoms with Crippen LogP contribution in [-0.4, -0.2) is 41.8 Å². The van der Waals surface area contributed by atoms with Crippen LogP contribution in [0.25, 0.3) is 11.3 Å². The summed E-state index contributed by atoms with van der Waals surface area (Å²) in [5.74, 6) is -0.165. The van der Waals surface area contributed by atoms with Gasteiger partial charge in [0.05, 0.1) is 29.3 Å². The third-order valence-electron chi connectivity index (χ3n) is 5.25. The first-order valence-corrected chi connectivity index (χ1v) is 9.53. The second kappa shape index (κ2) is 7.23. The standard InChI is InChI=1S/C19H26N8O/c1-12-18(13(2)25(3)22-12)16-9-17(26(4)24-16)19(28)21-10-14-8-15-11-20-6-5-7-27(15)23-14/h8-9,20H,5-7,10-11H2,1-4H3,(H,21,28). The molecule has 148 valence electrons. The van der Waals surface area contributed by atoms with Gasteiger partial charge in [0.25, 0.3) is 5.91 Å². The van der Waals surface area contributed by atoms with Crippen LogP contribution >= 0.6 is 0 Å². The molecule has 0 aromatic carbocycles. The number of aromatic nitrogens is 6. The first-order chi connectivity index (χ1) is 13.4. The van der Waals surface area contributed by atoms with E-state index < -0.39 is 0 Å². The summed E-state index contributed by atoms with van der Waals surface area (Å²) in [5, 5.41) is 19.9. The highest BCUT2D eigenvalue weighted by atomic mass is 16.2. The van der Waals surface area contributed by atoms with Crippen LogP contribution in [0.2, 0.25) is 0 Å². The van der Waals surface area contributed by atoms with E-state index in [0.29, 0.717) is 12.2 Å². The van der Waals surface area contributed by atoms with Crippen molar-refractivity contribution in [1.82, 2.24) is 40.0 Å². The lowest BCUT2D eigenvalue weighted by atomic mass is 10.1. The minimum absolute atomic E-state index is 0.165. The fourth-order valence-corrected chi connectivity index (χ4v) is 3.72. The Labute approximate surface area is 163 Å². The highest BCUT2D eigenvalue weighted by molar-refractivity contribution is 5.93. The number of carbonyl (C=O) groups excluding carboxylic acids is 1. The first-order valence-electron chi connectivity index (χ1n) is 9.53. The maximum absolute atomic E-state index is 12.7. The van der Waals surface area contributed by atoms with Crippen LogP contribution in [-0.2, 0) is 33.7 Å². The number of nitrogens with one attached hydrogen (secondary N) is 2. The molecule has 0 fully saturated rings. The molecule has 0 unspecified atom stereocenters. The number of rotatable bonds is 4. The third-order valence-corrected chi connectivity index (χ3v) is 5.25. The maximum atomic E-state index is 12.7. The number of amides is 1. The van der Waals surface area contributed by atoms with E-state index in [1.807, 2.05) is 36.3 Å². The molecule has 4 rings (SSSR count). The van der Waals surface area contributed by atoms with E-state index in [-0.39, 0.29) is 5.91 Å². The van der Waals surface area contributed by atoms with Crippen molar-refractivity contribution in [2.45, 2.75) is 39.9 Å². The van der Waals surface area contributed by atoms with E-state index in [9.17, 15) is 4.79 Å². The molecule has 0 atom stereocenters. The van der Waals surface area contributed by atoms with Gasteiger partial charge in [0.2, 0.25) is 0 Å². The van der Waals surface area contributed by atoms with Crippen LogP contribution in [0.15, 0.2) is 12.1 Å². The highest BCUT2D eigenvalue weighted by Crippen LogP contribution is 2.25. The van der Waals surface area contributed by atoms with Crippen molar-refractivity contribution in [3.8, 4) is 11.3 Å². The molecule has 4 heterocycles. The van der Waals surface area contributed by atoms with E-state index in [0.717, 1.165) is 60.1 Å². The lowest BCUT2D eigenvalue weighted by Gasteiger charge is -2.03. The molecule has 0 radical (unpaired) electrons. The molecule has 0 saturated heterocycles. The number of fused-ring (bicyclic) bond motifs is 1. The Balaban J connectivity index is 1.49. The molecule has 2 N–H and O–H groups in total. The van der Waals surface area contributed by atoms with Gasteiger partial charge in [-0.05, 0) is 38.9 Å². The van der Waals surface area contributed by atoms with Crippen LogP contribution in [0.4, 0.5) is 0 Å². The minimum Gasteiger partial charge on any atom is -0.345 e. The third kappa shape index (κ3) is 3.33. The molecule has 1 amide bonds. The largest absolute Gasteiger partial charge is 0.345 e. The molecular weight excluding hydrogens is 356 g/mol. The summed E-state index contributed by atoms with van der Waals surface area (Å²) in [6.07, 6.45) is 1.06. The second-order valence-electron chi connectivity index (χ2n) is 7.27. The summed E-state index contributed by atoms with van der Waals surface area (Å²) in [5.41, 5.74) is 6.20. The zero-order valence-corrected chi connectivity index (χ0v) is 16.8. The van der Waals surface area contributed by atoms with Gasteiger partial charge in [0.15, 0.2) is 0 Å². The summed E-state index contributed by atoms with van der Waals surface area (Å²) < 4.78 is 5.47. The zero-order valence-electron chi connectivity index (χ0n) is 16.8. The smallest absolute Gasteiger partial charge is 0.269 e. The van der Waals surface area contributed by atoms with Crippen LogP contribution in [0.3, 0.4) is 0 Å². The van der Waals surface area contributed by atoms with Crippen molar-refractivity contribution in [3.63, 3.8) is 0 Å². The normalized spacial score (nSPS) is 14.0. The van der Waals surface area contributed by atoms with Crippen molar-refractivity contribution in [3.05, 3.63) is 40.6 Å². The summed E-state index contributed by atoms with van der Waals surface area (Å²) in [7, 11) is 3.69. The Morgan fingerprint density at radius 1 is 1.18 bits per heavy atom. The fraction of sp³-hybridized carbons (Fsp3) is 0.474. The molecule has 1 aliphatic heterocycles. The van der Waals surface area contributed by atoms with Gasteiger partial charge >= 0.3 is 0 Å². The monoisotopic (exact) mass is 382 g/mol. The lowest BCUT2D eigenvalue weighted by Crippen LogP contribution is -2.25. The Hall–Kier alpha value is -2.94. The van der Waals surface area contributed by atoms with Gasteiger partial charge in [-0.2, -0.15) is 15.3 Å². The molecule has 0 aliphatic carbocycles. The Morgan fingerprint density at radius 3 is 2.75 bits per heavy atom. The SMILES string of the molecule is Cc1nn(C)c(C)c1-c1cc(C(=O)NCc2cc3n(n2)CCCNC3)n(C)n1. The van der Waals surface area contributed by atoms with Crippen LogP contribution in [0.1, 0.15) is 39.7 Å². The lowest BCUT2D eigenvalue weighted by molar-refractivity contribution is 0.0941. The molecule has 0 saturated carbocycles. The molecule has 3 aromatic heterocycles. The molecule has 1 aliphatic rings.